The lowest BCUT2D eigenvalue weighted by molar-refractivity contribution is 0.395. The van der Waals surface area contributed by atoms with E-state index in [9.17, 15) is 0 Å². The first kappa shape index (κ1) is 17.1. The van der Waals surface area contributed by atoms with Crippen molar-refractivity contribution in [3.8, 4) is 11.5 Å². The second-order valence-corrected chi connectivity index (χ2v) is 5.46. The molecule has 1 aromatic heterocycles. The van der Waals surface area contributed by atoms with Crippen LogP contribution in [0.25, 0.3) is 0 Å². The number of methoxy groups -OCH3 is 2. The standard InChI is InChI=1S/C16H22N4O2S/c1-12-10-20(11-18-12)8-4-7-17-16(23)19-14-6-5-13(21-2)9-15(14)22-3/h5-6,9-11H,4,7-8H2,1-3H3,(H2,17,19,23). The topological polar surface area (TPSA) is 60.3 Å². The molecule has 0 aliphatic heterocycles. The van der Waals surface area contributed by atoms with Crippen molar-refractivity contribution in [1.29, 1.82) is 0 Å². The van der Waals surface area contributed by atoms with Gasteiger partial charge in [0.25, 0.3) is 0 Å². The number of aromatic nitrogens is 2. The Morgan fingerprint density at radius 3 is 2.78 bits per heavy atom. The molecule has 0 fully saturated rings. The van der Waals surface area contributed by atoms with Gasteiger partial charge in [0.2, 0.25) is 0 Å². The molecular formula is C16H22N4O2S. The Balaban J connectivity index is 1.78. The van der Waals surface area contributed by atoms with E-state index in [4.69, 9.17) is 21.7 Å². The van der Waals surface area contributed by atoms with E-state index in [0.29, 0.717) is 10.9 Å². The summed E-state index contributed by atoms with van der Waals surface area (Å²) in [4.78, 5) is 4.20. The second-order valence-electron chi connectivity index (χ2n) is 5.05. The third kappa shape index (κ3) is 5.14. The number of anilines is 1. The van der Waals surface area contributed by atoms with Crippen LogP contribution >= 0.6 is 12.2 Å². The predicted molar refractivity (Wildman–Crippen MR) is 95.4 cm³/mol. The van der Waals surface area contributed by atoms with Crippen LogP contribution in [-0.4, -0.2) is 35.4 Å². The number of rotatable bonds is 7. The average molecular weight is 334 g/mol. The molecule has 0 unspecified atom stereocenters. The molecule has 2 N–H and O–H groups in total. The highest BCUT2D eigenvalue weighted by Crippen LogP contribution is 2.28. The number of hydrogen-bond acceptors (Lipinski definition) is 4. The number of aryl methyl sites for hydroxylation is 2. The summed E-state index contributed by atoms with van der Waals surface area (Å²) < 4.78 is 12.6. The fraction of sp³-hybridized carbons (Fsp3) is 0.375. The molecule has 0 aliphatic rings. The zero-order chi connectivity index (χ0) is 16.7. The van der Waals surface area contributed by atoms with E-state index in [1.54, 1.807) is 14.2 Å². The maximum absolute atomic E-state index is 5.33. The number of hydrogen-bond donors (Lipinski definition) is 2. The molecule has 0 radical (unpaired) electrons. The van der Waals surface area contributed by atoms with Crippen LogP contribution in [-0.2, 0) is 6.54 Å². The van der Waals surface area contributed by atoms with E-state index in [-0.39, 0.29) is 0 Å². The van der Waals surface area contributed by atoms with Crippen LogP contribution in [0.4, 0.5) is 5.69 Å². The molecule has 2 aromatic rings. The molecule has 1 heterocycles. The van der Waals surface area contributed by atoms with Crippen LogP contribution < -0.4 is 20.1 Å². The lowest BCUT2D eigenvalue weighted by Crippen LogP contribution is -2.29. The first-order valence-electron chi connectivity index (χ1n) is 7.37. The van der Waals surface area contributed by atoms with Gasteiger partial charge in [0, 0.05) is 25.4 Å². The van der Waals surface area contributed by atoms with E-state index in [0.717, 1.165) is 36.6 Å². The van der Waals surface area contributed by atoms with Crippen molar-refractivity contribution in [2.75, 3.05) is 26.1 Å². The van der Waals surface area contributed by atoms with Crippen LogP contribution in [0, 0.1) is 6.92 Å². The Kier molecular flexibility index (Phi) is 6.22. The Labute approximate surface area is 141 Å². The van der Waals surface area contributed by atoms with Crippen molar-refractivity contribution in [2.24, 2.45) is 0 Å². The number of imidazole rings is 1. The Hall–Kier alpha value is -2.28. The van der Waals surface area contributed by atoms with Crippen molar-refractivity contribution in [3.63, 3.8) is 0 Å². The predicted octanol–water partition coefficient (Wildman–Crippen LogP) is 2.59. The normalized spacial score (nSPS) is 10.2. The quantitative estimate of drug-likeness (QED) is 0.599. The highest BCUT2D eigenvalue weighted by Gasteiger charge is 2.06. The number of ether oxygens (including phenoxy) is 2. The van der Waals surface area contributed by atoms with Crippen molar-refractivity contribution >= 4 is 23.0 Å². The van der Waals surface area contributed by atoms with Crippen LogP contribution in [0.2, 0.25) is 0 Å². The zero-order valence-electron chi connectivity index (χ0n) is 13.6. The van der Waals surface area contributed by atoms with E-state index >= 15 is 0 Å². The van der Waals surface area contributed by atoms with Gasteiger partial charge in [-0.25, -0.2) is 4.98 Å². The van der Waals surface area contributed by atoms with E-state index < -0.39 is 0 Å². The molecule has 0 atom stereocenters. The van der Waals surface area contributed by atoms with Gasteiger partial charge in [-0.15, -0.1) is 0 Å². The van der Waals surface area contributed by atoms with E-state index in [1.807, 2.05) is 37.6 Å². The molecule has 2 rings (SSSR count). The molecular weight excluding hydrogens is 312 g/mol. The van der Waals surface area contributed by atoms with Crippen molar-refractivity contribution in [3.05, 3.63) is 36.4 Å². The summed E-state index contributed by atoms with van der Waals surface area (Å²) in [5.74, 6) is 1.42. The molecule has 0 spiro atoms. The molecule has 0 bridgehead atoms. The Bertz CT molecular complexity index is 657. The third-order valence-corrected chi connectivity index (χ3v) is 3.54. The average Bonchev–Trinajstić information content (AvgIpc) is 2.97. The molecule has 0 aliphatic carbocycles. The van der Waals surface area contributed by atoms with Gasteiger partial charge in [-0.2, -0.15) is 0 Å². The smallest absolute Gasteiger partial charge is 0.170 e. The van der Waals surface area contributed by atoms with Gasteiger partial charge < -0.3 is 24.7 Å². The van der Waals surface area contributed by atoms with Gasteiger partial charge in [0.15, 0.2) is 5.11 Å². The van der Waals surface area contributed by atoms with Gasteiger partial charge in [-0.05, 0) is 37.7 Å². The lowest BCUT2D eigenvalue weighted by atomic mass is 10.2. The van der Waals surface area contributed by atoms with Gasteiger partial charge in [0.1, 0.15) is 11.5 Å². The largest absolute Gasteiger partial charge is 0.497 e. The first-order chi connectivity index (χ1) is 11.1. The SMILES string of the molecule is COc1ccc(NC(=S)NCCCn2cnc(C)c2)c(OC)c1. The minimum atomic E-state index is 0.565. The summed E-state index contributed by atoms with van der Waals surface area (Å²) in [6, 6.07) is 5.54. The highest BCUT2D eigenvalue weighted by atomic mass is 32.1. The number of nitrogens with one attached hydrogen (secondary N) is 2. The summed E-state index contributed by atoms with van der Waals surface area (Å²) in [6.45, 7) is 3.67. The number of benzene rings is 1. The molecule has 0 saturated carbocycles. The van der Waals surface area contributed by atoms with Crippen molar-refractivity contribution in [2.45, 2.75) is 19.9 Å². The Morgan fingerprint density at radius 2 is 2.13 bits per heavy atom. The van der Waals surface area contributed by atoms with E-state index in [2.05, 4.69) is 20.2 Å². The summed E-state index contributed by atoms with van der Waals surface area (Å²) >= 11 is 5.31. The Morgan fingerprint density at radius 1 is 1.30 bits per heavy atom. The molecule has 23 heavy (non-hydrogen) atoms. The molecule has 124 valence electrons. The first-order valence-corrected chi connectivity index (χ1v) is 7.78. The summed E-state index contributed by atoms with van der Waals surface area (Å²) in [6.07, 6.45) is 4.82. The van der Waals surface area contributed by atoms with Crippen molar-refractivity contribution in [1.82, 2.24) is 14.9 Å². The fourth-order valence-corrected chi connectivity index (χ4v) is 2.34. The molecule has 0 saturated heterocycles. The maximum Gasteiger partial charge on any atom is 0.170 e. The number of nitrogens with zero attached hydrogens (tertiary/aromatic N) is 2. The molecule has 6 nitrogen and oxygen atoms in total. The zero-order valence-corrected chi connectivity index (χ0v) is 14.4. The van der Waals surface area contributed by atoms with Crippen LogP contribution in [0.15, 0.2) is 30.7 Å². The third-order valence-electron chi connectivity index (χ3n) is 3.30. The van der Waals surface area contributed by atoms with Crippen LogP contribution in [0.5, 0.6) is 11.5 Å². The lowest BCUT2D eigenvalue weighted by Gasteiger charge is -2.14. The van der Waals surface area contributed by atoms with Gasteiger partial charge in [-0.3, -0.25) is 0 Å². The van der Waals surface area contributed by atoms with Crippen LogP contribution in [0.3, 0.4) is 0 Å². The summed E-state index contributed by atoms with van der Waals surface area (Å²) in [5.41, 5.74) is 1.83. The monoisotopic (exact) mass is 334 g/mol. The molecule has 0 amide bonds. The minimum Gasteiger partial charge on any atom is -0.497 e. The maximum atomic E-state index is 5.33. The van der Waals surface area contributed by atoms with Crippen LogP contribution in [0.1, 0.15) is 12.1 Å². The summed E-state index contributed by atoms with van der Waals surface area (Å²) in [5, 5.41) is 6.89. The van der Waals surface area contributed by atoms with Gasteiger partial charge in [0.05, 0.1) is 31.9 Å². The van der Waals surface area contributed by atoms with Gasteiger partial charge >= 0.3 is 0 Å². The van der Waals surface area contributed by atoms with Crippen molar-refractivity contribution < 1.29 is 9.47 Å². The minimum absolute atomic E-state index is 0.565. The van der Waals surface area contributed by atoms with Gasteiger partial charge in [-0.1, -0.05) is 0 Å². The molecule has 1 aromatic carbocycles. The molecule has 7 heteroatoms. The second kappa shape index (κ2) is 8.38. The fourth-order valence-electron chi connectivity index (χ4n) is 2.13. The van der Waals surface area contributed by atoms with E-state index in [1.165, 1.54) is 0 Å². The number of thiocarbonyl (C=S) groups is 1. The highest BCUT2D eigenvalue weighted by molar-refractivity contribution is 7.80. The summed E-state index contributed by atoms with van der Waals surface area (Å²) in [7, 11) is 3.24.